The number of hydrogen-bond acceptors (Lipinski definition) is 6. The number of nitrogens with zero attached hydrogens (tertiary/aromatic N) is 2. The second kappa shape index (κ2) is 4.38. The smallest absolute Gasteiger partial charge is 0.357 e. The van der Waals surface area contributed by atoms with Gasteiger partial charge in [0.15, 0.2) is 11.4 Å². The highest BCUT2D eigenvalue weighted by atomic mass is 16.4. The molecule has 0 saturated heterocycles. The molecular weight excluding hydrogens is 226 g/mol. The first kappa shape index (κ1) is 11.3. The molecule has 7 nitrogen and oxygen atoms in total. The van der Waals surface area contributed by atoms with Crippen molar-refractivity contribution in [2.45, 2.75) is 19.4 Å². The monoisotopic (exact) mass is 237 g/mol. The molecule has 0 aliphatic carbocycles. The van der Waals surface area contributed by atoms with Gasteiger partial charge in [0.2, 0.25) is 11.8 Å². The molecule has 0 aromatic carbocycles. The minimum absolute atomic E-state index is 0.0979. The van der Waals surface area contributed by atoms with Crippen LogP contribution < -0.4 is 5.73 Å². The van der Waals surface area contributed by atoms with Crippen LogP contribution in [0.2, 0.25) is 0 Å². The van der Waals surface area contributed by atoms with Crippen LogP contribution in [0.5, 0.6) is 0 Å². The second-order valence-electron chi connectivity index (χ2n) is 3.43. The van der Waals surface area contributed by atoms with E-state index in [1.807, 2.05) is 6.92 Å². The second-order valence-corrected chi connectivity index (χ2v) is 3.43. The van der Waals surface area contributed by atoms with Gasteiger partial charge in [-0.3, -0.25) is 0 Å². The molecule has 0 amide bonds. The van der Waals surface area contributed by atoms with E-state index in [9.17, 15) is 4.79 Å². The average Bonchev–Trinajstić information content (AvgIpc) is 2.95. The standard InChI is InChI=1S/C10H11N3O4/c1-2-5(11)8-12-6(3-16-8)9-13-7(4-17-9)10(14)15/h3-5H,2,11H2,1H3,(H,14,15). The van der Waals surface area contributed by atoms with Crippen LogP contribution in [0.15, 0.2) is 21.4 Å². The molecule has 0 spiro atoms. The zero-order chi connectivity index (χ0) is 12.4. The van der Waals surface area contributed by atoms with Gasteiger partial charge in [-0.1, -0.05) is 6.92 Å². The van der Waals surface area contributed by atoms with Crippen LogP contribution >= 0.6 is 0 Å². The normalized spacial score (nSPS) is 12.6. The number of aromatic carboxylic acids is 1. The van der Waals surface area contributed by atoms with E-state index < -0.39 is 5.97 Å². The van der Waals surface area contributed by atoms with Crippen molar-refractivity contribution in [3.63, 3.8) is 0 Å². The molecule has 0 saturated carbocycles. The Kier molecular flexibility index (Phi) is 2.92. The summed E-state index contributed by atoms with van der Waals surface area (Å²) < 4.78 is 10.1. The van der Waals surface area contributed by atoms with Crippen molar-refractivity contribution in [2.75, 3.05) is 0 Å². The van der Waals surface area contributed by atoms with Crippen LogP contribution in [0.1, 0.15) is 35.8 Å². The quantitative estimate of drug-likeness (QED) is 0.826. The fraction of sp³-hybridized carbons (Fsp3) is 0.300. The van der Waals surface area contributed by atoms with Gasteiger partial charge < -0.3 is 19.7 Å². The summed E-state index contributed by atoms with van der Waals surface area (Å²) in [6, 6.07) is -0.294. The Labute approximate surface area is 96.3 Å². The Morgan fingerprint density at radius 3 is 2.82 bits per heavy atom. The molecule has 2 rings (SSSR count). The highest BCUT2D eigenvalue weighted by Crippen LogP contribution is 2.21. The molecule has 1 unspecified atom stereocenters. The Balaban J connectivity index is 2.27. The molecular formula is C10H11N3O4. The fourth-order valence-electron chi connectivity index (χ4n) is 1.22. The van der Waals surface area contributed by atoms with Crippen molar-refractivity contribution in [3.05, 3.63) is 24.1 Å². The third kappa shape index (κ3) is 2.18. The summed E-state index contributed by atoms with van der Waals surface area (Å²) in [7, 11) is 0. The van der Waals surface area contributed by atoms with Gasteiger partial charge in [0.1, 0.15) is 12.5 Å². The zero-order valence-corrected chi connectivity index (χ0v) is 9.08. The van der Waals surface area contributed by atoms with Crippen LogP contribution in [0.3, 0.4) is 0 Å². The predicted molar refractivity (Wildman–Crippen MR) is 56.2 cm³/mol. The molecule has 2 aromatic rings. The maximum absolute atomic E-state index is 10.6. The number of carboxylic acid groups (broad SMARTS) is 1. The van der Waals surface area contributed by atoms with Gasteiger partial charge in [-0.05, 0) is 6.42 Å². The van der Waals surface area contributed by atoms with Crippen molar-refractivity contribution >= 4 is 5.97 Å². The number of rotatable bonds is 4. The Hall–Kier alpha value is -2.15. The molecule has 0 aliphatic rings. The Morgan fingerprint density at radius 1 is 1.47 bits per heavy atom. The van der Waals surface area contributed by atoms with Gasteiger partial charge in [0.25, 0.3) is 0 Å². The largest absolute Gasteiger partial charge is 0.476 e. The van der Waals surface area contributed by atoms with E-state index in [1.165, 1.54) is 6.26 Å². The minimum atomic E-state index is -1.16. The number of hydrogen-bond donors (Lipinski definition) is 2. The van der Waals surface area contributed by atoms with Gasteiger partial charge in [-0.2, -0.15) is 0 Å². The third-order valence-corrected chi connectivity index (χ3v) is 2.22. The van der Waals surface area contributed by atoms with Crippen LogP contribution in [-0.2, 0) is 0 Å². The first-order chi connectivity index (χ1) is 8.11. The molecule has 0 radical (unpaired) electrons. The summed E-state index contributed by atoms with van der Waals surface area (Å²) >= 11 is 0. The summed E-state index contributed by atoms with van der Waals surface area (Å²) in [5.74, 6) is -0.688. The summed E-state index contributed by atoms with van der Waals surface area (Å²) in [5, 5.41) is 8.69. The highest BCUT2D eigenvalue weighted by molar-refractivity contribution is 5.85. The first-order valence-electron chi connectivity index (χ1n) is 5.02. The van der Waals surface area contributed by atoms with E-state index in [-0.39, 0.29) is 17.6 Å². The topological polar surface area (TPSA) is 115 Å². The number of carbonyl (C=O) groups is 1. The lowest BCUT2D eigenvalue weighted by Gasteiger charge is -2.00. The molecule has 7 heteroatoms. The molecule has 2 heterocycles. The van der Waals surface area contributed by atoms with Crippen LogP contribution in [0.25, 0.3) is 11.6 Å². The number of nitrogens with two attached hydrogens (primary N) is 1. The van der Waals surface area contributed by atoms with Gasteiger partial charge in [-0.25, -0.2) is 14.8 Å². The van der Waals surface area contributed by atoms with Crippen molar-refractivity contribution in [1.82, 2.24) is 9.97 Å². The Bertz CT molecular complexity index is 531. The highest BCUT2D eigenvalue weighted by Gasteiger charge is 2.17. The average molecular weight is 237 g/mol. The molecule has 90 valence electrons. The maximum atomic E-state index is 10.6. The van der Waals surface area contributed by atoms with Crippen LogP contribution in [0, 0.1) is 0 Å². The van der Waals surface area contributed by atoms with E-state index in [2.05, 4.69) is 9.97 Å². The Morgan fingerprint density at radius 2 is 2.24 bits per heavy atom. The van der Waals surface area contributed by atoms with E-state index in [0.717, 1.165) is 6.26 Å². The molecule has 17 heavy (non-hydrogen) atoms. The molecule has 0 aliphatic heterocycles. The van der Waals surface area contributed by atoms with Crippen molar-refractivity contribution in [1.29, 1.82) is 0 Å². The number of oxazole rings is 2. The van der Waals surface area contributed by atoms with Crippen LogP contribution in [0.4, 0.5) is 0 Å². The number of carboxylic acids is 1. The number of aromatic nitrogens is 2. The lowest BCUT2D eigenvalue weighted by molar-refractivity contribution is 0.0690. The lowest BCUT2D eigenvalue weighted by atomic mass is 10.2. The van der Waals surface area contributed by atoms with E-state index in [4.69, 9.17) is 19.7 Å². The lowest BCUT2D eigenvalue weighted by Crippen LogP contribution is -2.08. The fourth-order valence-corrected chi connectivity index (χ4v) is 1.22. The molecule has 3 N–H and O–H groups in total. The molecule has 0 bridgehead atoms. The zero-order valence-electron chi connectivity index (χ0n) is 9.08. The summed E-state index contributed by atoms with van der Waals surface area (Å²) in [6.45, 7) is 1.90. The predicted octanol–water partition coefficient (Wildman–Crippen LogP) is 1.44. The van der Waals surface area contributed by atoms with Crippen molar-refractivity contribution in [2.24, 2.45) is 5.73 Å². The molecule has 2 aromatic heterocycles. The van der Waals surface area contributed by atoms with E-state index >= 15 is 0 Å². The summed E-state index contributed by atoms with van der Waals surface area (Å²) in [6.07, 6.45) is 3.07. The van der Waals surface area contributed by atoms with E-state index in [1.54, 1.807) is 0 Å². The van der Waals surface area contributed by atoms with Crippen molar-refractivity contribution < 1.29 is 18.7 Å². The van der Waals surface area contributed by atoms with Crippen molar-refractivity contribution in [3.8, 4) is 11.6 Å². The first-order valence-corrected chi connectivity index (χ1v) is 5.02. The SMILES string of the molecule is CCC(N)c1nc(-c2nc(C(=O)O)co2)co1. The molecule has 0 fully saturated rings. The third-order valence-electron chi connectivity index (χ3n) is 2.22. The van der Waals surface area contributed by atoms with Gasteiger partial charge in [0.05, 0.1) is 6.04 Å². The summed E-state index contributed by atoms with van der Waals surface area (Å²) in [4.78, 5) is 18.5. The van der Waals surface area contributed by atoms with Crippen LogP contribution in [-0.4, -0.2) is 21.0 Å². The van der Waals surface area contributed by atoms with Gasteiger partial charge in [-0.15, -0.1) is 0 Å². The van der Waals surface area contributed by atoms with Gasteiger partial charge >= 0.3 is 5.97 Å². The minimum Gasteiger partial charge on any atom is -0.476 e. The summed E-state index contributed by atoms with van der Waals surface area (Å²) in [5.41, 5.74) is 5.89. The molecule has 1 atom stereocenters. The van der Waals surface area contributed by atoms with E-state index in [0.29, 0.717) is 18.0 Å². The maximum Gasteiger partial charge on any atom is 0.357 e. The van der Waals surface area contributed by atoms with Gasteiger partial charge in [0, 0.05) is 0 Å².